The second kappa shape index (κ2) is 9.06. The number of nitrogens with zero attached hydrogens (tertiary/aromatic N) is 2. The number of amides is 3. The summed E-state index contributed by atoms with van der Waals surface area (Å²) in [6.45, 7) is 0.209. The molecule has 3 amide bonds. The van der Waals surface area contributed by atoms with Gasteiger partial charge in [-0.15, -0.1) is 0 Å². The molecule has 3 aromatic rings. The number of para-hydroxylation sites is 1. The molecule has 158 valence electrons. The first-order chi connectivity index (χ1) is 15.6. The number of nitrogens with one attached hydrogen (secondary N) is 1. The Labute approximate surface area is 185 Å². The fourth-order valence-corrected chi connectivity index (χ4v) is 3.32. The number of rotatable bonds is 6. The normalized spacial score (nSPS) is 14.2. The Kier molecular flexibility index (Phi) is 5.86. The molecule has 0 bridgehead atoms. The third-order valence-electron chi connectivity index (χ3n) is 4.91. The molecule has 1 heterocycles. The number of benzene rings is 3. The number of methoxy groups -OCH3 is 1. The molecule has 0 radical (unpaired) electrons. The molecule has 1 fully saturated rings. The van der Waals surface area contributed by atoms with Crippen molar-refractivity contribution >= 4 is 23.7 Å². The van der Waals surface area contributed by atoms with Gasteiger partial charge in [0.1, 0.15) is 12.3 Å². The molecule has 1 aliphatic rings. The molecule has 1 saturated heterocycles. The summed E-state index contributed by atoms with van der Waals surface area (Å²) in [5, 5.41) is 11.8. The van der Waals surface area contributed by atoms with Gasteiger partial charge in [0.25, 0.3) is 5.91 Å². The number of ether oxygens (including phenoxy) is 2. The fourth-order valence-electron chi connectivity index (χ4n) is 3.32. The summed E-state index contributed by atoms with van der Waals surface area (Å²) in [6.07, 6.45) is 1.58. The number of imide groups is 1. The van der Waals surface area contributed by atoms with E-state index in [1.165, 1.54) is 7.11 Å². The third-order valence-corrected chi connectivity index (χ3v) is 4.91. The number of urea groups is 1. The monoisotopic (exact) mass is 425 g/mol. The fraction of sp³-hybridized carbons (Fsp3) is 0.0800. The molecule has 3 aromatic carbocycles. The Morgan fingerprint density at radius 1 is 1.00 bits per heavy atom. The zero-order valence-corrected chi connectivity index (χ0v) is 17.2. The van der Waals surface area contributed by atoms with Crippen LogP contribution in [0.5, 0.6) is 11.5 Å². The van der Waals surface area contributed by atoms with E-state index in [-0.39, 0.29) is 12.3 Å². The summed E-state index contributed by atoms with van der Waals surface area (Å²) < 4.78 is 11.3. The van der Waals surface area contributed by atoms with Crippen LogP contribution in [0.4, 0.5) is 10.5 Å². The van der Waals surface area contributed by atoms with Gasteiger partial charge in [0.2, 0.25) is 0 Å². The van der Waals surface area contributed by atoms with E-state index in [9.17, 15) is 14.9 Å². The van der Waals surface area contributed by atoms with Crippen LogP contribution in [0.15, 0.2) is 78.5 Å². The van der Waals surface area contributed by atoms with Gasteiger partial charge in [-0.25, -0.2) is 9.69 Å². The van der Waals surface area contributed by atoms with Crippen molar-refractivity contribution in [1.82, 2.24) is 5.32 Å². The highest BCUT2D eigenvalue weighted by molar-refractivity contribution is 6.28. The summed E-state index contributed by atoms with van der Waals surface area (Å²) >= 11 is 0. The molecule has 0 saturated carbocycles. The molecule has 0 atom stereocenters. The van der Waals surface area contributed by atoms with E-state index >= 15 is 0 Å². The predicted molar refractivity (Wildman–Crippen MR) is 119 cm³/mol. The highest BCUT2D eigenvalue weighted by Crippen LogP contribution is 2.30. The van der Waals surface area contributed by atoms with Crippen LogP contribution in [-0.2, 0) is 11.4 Å². The maximum absolute atomic E-state index is 12.8. The van der Waals surface area contributed by atoms with Gasteiger partial charge >= 0.3 is 6.03 Å². The maximum atomic E-state index is 12.8. The lowest BCUT2D eigenvalue weighted by Crippen LogP contribution is -2.30. The average Bonchev–Trinajstić information content (AvgIpc) is 3.11. The summed E-state index contributed by atoms with van der Waals surface area (Å²) in [6, 6.07) is 22.8. The lowest BCUT2D eigenvalue weighted by Gasteiger charge is -2.12. The van der Waals surface area contributed by atoms with Crippen molar-refractivity contribution in [3.63, 3.8) is 0 Å². The van der Waals surface area contributed by atoms with Crippen molar-refractivity contribution in [3.8, 4) is 17.6 Å². The van der Waals surface area contributed by atoms with Crippen molar-refractivity contribution in [2.24, 2.45) is 0 Å². The SMILES string of the molecule is COc1cc(/C=C2\NC(=O)N(c3ccccc3)C2=O)ccc1OCc1ccccc1C#N. The van der Waals surface area contributed by atoms with Gasteiger partial charge in [-0.05, 0) is 42.0 Å². The number of anilines is 1. The minimum Gasteiger partial charge on any atom is -0.493 e. The first-order valence-electron chi connectivity index (χ1n) is 9.81. The Balaban J connectivity index is 1.54. The van der Waals surface area contributed by atoms with Crippen LogP contribution in [0.3, 0.4) is 0 Å². The van der Waals surface area contributed by atoms with Gasteiger partial charge in [-0.2, -0.15) is 5.26 Å². The predicted octanol–water partition coefficient (Wildman–Crippen LogP) is 4.24. The Hall–Kier alpha value is -4.57. The van der Waals surface area contributed by atoms with Crippen molar-refractivity contribution in [3.05, 3.63) is 95.2 Å². The molecular weight excluding hydrogens is 406 g/mol. The van der Waals surface area contributed by atoms with Crippen LogP contribution >= 0.6 is 0 Å². The van der Waals surface area contributed by atoms with Crippen LogP contribution in [0, 0.1) is 11.3 Å². The van der Waals surface area contributed by atoms with E-state index in [0.717, 1.165) is 10.5 Å². The van der Waals surface area contributed by atoms with E-state index < -0.39 is 11.9 Å². The molecule has 32 heavy (non-hydrogen) atoms. The van der Waals surface area contributed by atoms with E-state index in [4.69, 9.17) is 9.47 Å². The molecule has 7 nitrogen and oxygen atoms in total. The lowest BCUT2D eigenvalue weighted by atomic mass is 10.1. The van der Waals surface area contributed by atoms with Gasteiger partial charge in [0.05, 0.1) is 24.4 Å². The van der Waals surface area contributed by atoms with Gasteiger partial charge in [0, 0.05) is 5.56 Å². The van der Waals surface area contributed by atoms with Crippen LogP contribution in [0.2, 0.25) is 0 Å². The zero-order chi connectivity index (χ0) is 22.5. The van der Waals surface area contributed by atoms with E-state index in [0.29, 0.717) is 28.3 Å². The third kappa shape index (κ3) is 4.16. The van der Waals surface area contributed by atoms with Crippen LogP contribution in [0.25, 0.3) is 6.08 Å². The molecule has 0 aromatic heterocycles. The summed E-state index contributed by atoms with van der Waals surface area (Å²) in [5.41, 5.74) is 2.63. The van der Waals surface area contributed by atoms with Crippen LogP contribution < -0.4 is 19.7 Å². The van der Waals surface area contributed by atoms with Crippen molar-refractivity contribution in [2.45, 2.75) is 6.61 Å². The largest absolute Gasteiger partial charge is 0.493 e. The van der Waals surface area contributed by atoms with Crippen molar-refractivity contribution < 1.29 is 19.1 Å². The zero-order valence-electron chi connectivity index (χ0n) is 17.2. The molecule has 0 unspecified atom stereocenters. The Bertz CT molecular complexity index is 1250. The van der Waals surface area contributed by atoms with Gasteiger partial charge in [-0.1, -0.05) is 42.5 Å². The van der Waals surface area contributed by atoms with Crippen LogP contribution in [0.1, 0.15) is 16.7 Å². The van der Waals surface area contributed by atoms with E-state index in [1.807, 2.05) is 18.2 Å². The average molecular weight is 425 g/mol. The van der Waals surface area contributed by atoms with E-state index in [1.54, 1.807) is 60.7 Å². The Morgan fingerprint density at radius 3 is 2.50 bits per heavy atom. The first-order valence-corrected chi connectivity index (χ1v) is 9.81. The van der Waals surface area contributed by atoms with Gasteiger partial charge in [-0.3, -0.25) is 4.79 Å². The molecule has 1 N–H and O–H groups in total. The lowest BCUT2D eigenvalue weighted by molar-refractivity contribution is -0.113. The molecule has 4 rings (SSSR count). The second-order valence-corrected chi connectivity index (χ2v) is 6.93. The summed E-state index contributed by atoms with van der Waals surface area (Å²) in [7, 11) is 1.52. The molecule has 0 aliphatic carbocycles. The maximum Gasteiger partial charge on any atom is 0.333 e. The number of carbonyl (C=O) groups is 2. The molecule has 0 spiro atoms. The highest BCUT2D eigenvalue weighted by Gasteiger charge is 2.34. The highest BCUT2D eigenvalue weighted by atomic mass is 16.5. The quantitative estimate of drug-likeness (QED) is 0.471. The topological polar surface area (TPSA) is 91.7 Å². The molecular formula is C25H19N3O4. The van der Waals surface area contributed by atoms with Crippen molar-refractivity contribution in [1.29, 1.82) is 5.26 Å². The van der Waals surface area contributed by atoms with Crippen LogP contribution in [-0.4, -0.2) is 19.0 Å². The smallest absolute Gasteiger partial charge is 0.333 e. The van der Waals surface area contributed by atoms with Crippen molar-refractivity contribution in [2.75, 3.05) is 12.0 Å². The minimum atomic E-state index is -0.504. The number of carbonyl (C=O) groups excluding carboxylic acids is 2. The number of hydrogen-bond acceptors (Lipinski definition) is 5. The van der Waals surface area contributed by atoms with Gasteiger partial charge < -0.3 is 14.8 Å². The summed E-state index contributed by atoms with van der Waals surface area (Å²) in [4.78, 5) is 26.2. The molecule has 7 heteroatoms. The van der Waals surface area contributed by atoms with Gasteiger partial charge in [0.15, 0.2) is 11.5 Å². The summed E-state index contributed by atoms with van der Waals surface area (Å²) in [5.74, 6) is 0.522. The minimum absolute atomic E-state index is 0.164. The molecule has 1 aliphatic heterocycles. The Morgan fingerprint density at radius 2 is 1.75 bits per heavy atom. The van der Waals surface area contributed by atoms with E-state index in [2.05, 4.69) is 11.4 Å². The standard InChI is InChI=1S/C25H19N3O4/c1-31-23-14-17(11-12-22(23)32-16-19-8-6-5-7-18(19)15-26)13-21-24(29)28(25(30)27-21)20-9-3-2-4-10-20/h2-14H,16H2,1H3,(H,27,30)/b21-13-. The first kappa shape index (κ1) is 20.7. The second-order valence-electron chi connectivity index (χ2n) is 6.93. The number of nitriles is 1. The number of hydrogen-bond donors (Lipinski definition) is 1.